The third-order valence-electron chi connectivity index (χ3n) is 2.24. The van der Waals surface area contributed by atoms with Crippen molar-refractivity contribution in [1.82, 2.24) is 14.0 Å². The summed E-state index contributed by atoms with van der Waals surface area (Å²) in [7, 11) is 4.37. The molecule has 1 N–H and O–H groups in total. The van der Waals surface area contributed by atoms with Gasteiger partial charge in [-0.15, -0.1) is 9.34 Å². The number of rotatable bonds is 1. The number of nitrogens with zero attached hydrogens (tertiary/aromatic N) is 3. The van der Waals surface area contributed by atoms with Gasteiger partial charge >= 0.3 is 7.94 Å². The monoisotopic (exact) mass is 196 g/mol. The summed E-state index contributed by atoms with van der Waals surface area (Å²) in [4.78, 5) is 10.1. The van der Waals surface area contributed by atoms with Crippen molar-refractivity contribution in [2.75, 3.05) is 34.7 Å². The Morgan fingerprint density at radius 3 is 2.17 bits per heavy atom. The maximum absolute atomic E-state index is 13.1. The highest BCUT2D eigenvalue weighted by Crippen LogP contribution is 2.65. The van der Waals surface area contributed by atoms with Crippen LogP contribution in [0.25, 0.3) is 0 Å². The van der Waals surface area contributed by atoms with Crippen LogP contribution >= 0.6 is 7.94 Å². The predicted octanol–water partition coefficient (Wildman–Crippen LogP) is 0.391. The van der Waals surface area contributed by atoms with Gasteiger partial charge in [0.2, 0.25) is 6.30 Å². The number of hydrogen-bond donors (Lipinski definition) is 1. The summed E-state index contributed by atoms with van der Waals surface area (Å²) >= 11 is 0. The van der Waals surface area contributed by atoms with Crippen molar-refractivity contribution in [3.05, 3.63) is 0 Å². The quantitative estimate of drug-likeness (QED) is 0.485. The molecule has 1 aliphatic rings. The summed E-state index contributed by atoms with van der Waals surface area (Å²) in [5.74, 6) is 0. The summed E-state index contributed by atoms with van der Waals surface area (Å²) in [6.45, 7) is 0.277. The Morgan fingerprint density at radius 2 is 2.00 bits per heavy atom. The lowest BCUT2D eigenvalue weighted by Gasteiger charge is -2.28. The molecule has 12 heavy (non-hydrogen) atoms. The van der Waals surface area contributed by atoms with Crippen molar-refractivity contribution in [3.63, 3.8) is 0 Å². The third kappa shape index (κ3) is 1.26. The molecule has 72 valence electrons. The van der Waals surface area contributed by atoms with Crippen LogP contribution in [0.2, 0.25) is 0 Å². The van der Waals surface area contributed by atoms with Crippen molar-refractivity contribution in [1.29, 1.82) is 0 Å². The van der Waals surface area contributed by atoms with E-state index in [2.05, 4.69) is 0 Å². The lowest BCUT2D eigenvalue weighted by molar-refractivity contribution is 0.200. The Kier molecular flexibility index (Phi) is 2.71. The molecular formula is C6H16FN3OP+. The van der Waals surface area contributed by atoms with Gasteiger partial charge in [0.05, 0.1) is 6.54 Å². The first-order chi connectivity index (χ1) is 5.40. The highest BCUT2D eigenvalue weighted by molar-refractivity contribution is 7.63. The molecule has 2 unspecified atom stereocenters. The molecular weight excluding hydrogens is 180 g/mol. The van der Waals surface area contributed by atoms with Crippen molar-refractivity contribution < 1.29 is 9.28 Å². The molecule has 0 radical (unpaired) electrons. The molecule has 0 spiro atoms. The molecule has 1 saturated heterocycles. The van der Waals surface area contributed by atoms with Crippen molar-refractivity contribution in [3.8, 4) is 0 Å². The lowest BCUT2D eigenvalue weighted by atomic mass is 10.6. The first-order valence-electron chi connectivity index (χ1n) is 3.79. The molecule has 4 nitrogen and oxygen atoms in total. The largest absolute Gasteiger partial charge is 0.370 e. The van der Waals surface area contributed by atoms with E-state index in [0.29, 0.717) is 0 Å². The molecule has 2 atom stereocenters. The minimum absolute atomic E-state index is 0.277. The van der Waals surface area contributed by atoms with Crippen LogP contribution < -0.4 is 0 Å². The highest BCUT2D eigenvalue weighted by Gasteiger charge is 2.59. The number of alkyl halides is 1. The Bertz CT molecular complexity index is 182. The zero-order valence-electron chi connectivity index (χ0n) is 7.90. The molecule has 0 amide bonds. The van der Waals surface area contributed by atoms with Crippen molar-refractivity contribution in [2.45, 2.75) is 6.30 Å². The average molecular weight is 196 g/mol. The van der Waals surface area contributed by atoms with Gasteiger partial charge < -0.3 is 0 Å². The molecule has 1 rings (SSSR count). The molecule has 0 saturated carbocycles. The van der Waals surface area contributed by atoms with Crippen molar-refractivity contribution in [2.24, 2.45) is 0 Å². The van der Waals surface area contributed by atoms with Crippen LogP contribution in [-0.2, 0) is 0 Å². The van der Waals surface area contributed by atoms with E-state index in [-0.39, 0.29) is 6.54 Å². The smallest absolute Gasteiger partial charge is 0.225 e. The van der Waals surface area contributed by atoms with Crippen LogP contribution in [0.3, 0.4) is 0 Å². The van der Waals surface area contributed by atoms with Gasteiger partial charge in [0.15, 0.2) is 0 Å². The van der Waals surface area contributed by atoms with Gasteiger partial charge in [-0.2, -0.15) is 4.89 Å². The maximum Gasteiger partial charge on any atom is 0.370 e. The Balaban J connectivity index is 2.88. The highest BCUT2D eigenvalue weighted by atomic mass is 31.2. The van der Waals surface area contributed by atoms with Gasteiger partial charge in [0.1, 0.15) is 0 Å². The summed E-state index contributed by atoms with van der Waals surface area (Å²) in [6, 6.07) is 0. The van der Waals surface area contributed by atoms with E-state index >= 15 is 0 Å². The van der Waals surface area contributed by atoms with Crippen LogP contribution in [-0.4, -0.2) is 59.9 Å². The topological polar surface area (TPSA) is 30.0 Å². The second kappa shape index (κ2) is 3.16. The second-order valence-corrected chi connectivity index (χ2v) is 6.42. The average Bonchev–Trinajstić information content (AvgIpc) is 2.16. The predicted molar refractivity (Wildman–Crippen MR) is 48.1 cm³/mol. The Labute approximate surface area is 73.1 Å². The van der Waals surface area contributed by atoms with Crippen LogP contribution in [0.1, 0.15) is 0 Å². The normalized spacial score (nSPS) is 39.8. The van der Waals surface area contributed by atoms with Gasteiger partial charge in [-0.1, -0.05) is 4.67 Å². The van der Waals surface area contributed by atoms with E-state index in [9.17, 15) is 9.28 Å². The van der Waals surface area contributed by atoms with E-state index < -0.39 is 14.2 Å². The molecule has 0 aromatic rings. The summed E-state index contributed by atoms with van der Waals surface area (Å²) in [5, 5.41) is 0. The minimum Gasteiger partial charge on any atom is -0.225 e. The van der Waals surface area contributed by atoms with Gasteiger partial charge in [-0.05, 0) is 0 Å². The Hall–Kier alpha value is 0.200. The zero-order valence-corrected chi connectivity index (χ0v) is 8.79. The maximum atomic E-state index is 13.1. The van der Waals surface area contributed by atoms with Crippen LogP contribution in [0.4, 0.5) is 4.39 Å². The van der Waals surface area contributed by atoms with Gasteiger partial charge in [0, 0.05) is 28.2 Å². The van der Waals surface area contributed by atoms with E-state index in [1.807, 2.05) is 0 Å². The summed E-state index contributed by atoms with van der Waals surface area (Å²) < 4.78 is 17.9. The molecule has 0 aromatic carbocycles. The van der Waals surface area contributed by atoms with Crippen LogP contribution in [0.15, 0.2) is 0 Å². The number of hydrogen-bond acceptors (Lipinski definition) is 4. The fraction of sp³-hybridized carbons (Fsp3) is 1.00. The number of likely N-dealkylation sites (N-methyl/N-ethyl adjacent to an activating group) is 2. The summed E-state index contributed by atoms with van der Waals surface area (Å²) in [5.41, 5.74) is 0. The first-order valence-corrected chi connectivity index (χ1v) is 5.39. The second-order valence-electron chi connectivity index (χ2n) is 3.23. The zero-order chi connectivity index (χ0) is 9.52. The van der Waals surface area contributed by atoms with E-state index in [4.69, 9.17) is 0 Å². The van der Waals surface area contributed by atoms with Gasteiger partial charge in [-0.3, -0.25) is 0 Å². The first kappa shape index (κ1) is 10.3. The summed E-state index contributed by atoms with van der Waals surface area (Å²) in [6.07, 6.45) is -1.06. The van der Waals surface area contributed by atoms with Gasteiger partial charge in [0.25, 0.3) is 0 Å². The SMILES string of the molecule is CN(C)[P+]1(O)N(C)CC(F)N1C. The molecule has 1 aliphatic heterocycles. The van der Waals surface area contributed by atoms with Crippen molar-refractivity contribution >= 4 is 7.94 Å². The van der Waals surface area contributed by atoms with E-state index in [0.717, 1.165) is 0 Å². The molecule has 6 heteroatoms. The third-order valence-corrected chi connectivity index (χ3v) is 5.49. The van der Waals surface area contributed by atoms with E-state index in [1.54, 1.807) is 37.5 Å². The molecule has 0 aliphatic carbocycles. The molecule has 1 fully saturated rings. The van der Waals surface area contributed by atoms with E-state index in [1.165, 1.54) is 4.67 Å². The van der Waals surface area contributed by atoms with Crippen LogP contribution in [0, 0.1) is 0 Å². The number of halogens is 1. The standard InChI is InChI=1S/C6H16FN3OP/c1-8(2)12(11)9(3)5-6(7)10(12)4/h6,11H,5H2,1-4H3/q+1. The Morgan fingerprint density at radius 1 is 1.50 bits per heavy atom. The minimum atomic E-state index is -2.51. The molecule has 0 aromatic heterocycles. The lowest BCUT2D eigenvalue weighted by Crippen LogP contribution is -2.31. The van der Waals surface area contributed by atoms with Crippen LogP contribution in [0.5, 0.6) is 0 Å². The molecule has 0 bridgehead atoms. The fourth-order valence-electron chi connectivity index (χ4n) is 1.44. The fourth-order valence-corrected chi connectivity index (χ4v) is 3.86. The molecule has 1 heterocycles. The van der Waals surface area contributed by atoms with Gasteiger partial charge in [-0.25, -0.2) is 4.39 Å².